The lowest BCUT2D eigenvalue weighted by atomic mass is 9.64. The monoisotopic (exact) mass is 325 g/mol. The van der Waals surface area contributed by atoms with Gasteiger partial charge < -0.3 is 5.32 Å². The molecule has 1 atom stereocenters. The molecule has 2 heterocycles. The Morgan fingerprint density at radius 2 is 1.83 bits per heavy atom. The van der Waals surface area contributed by atoms with Gasteiger partial charge in [0.25, 0.3) is 0 Å². The van der Waals surface area contributed by atoms with Gasteiger partial charge in [0.2, 0.25) is 0 Å². The largest absolute Gasteiger partial charge is 0.316 e. The highest BCUT2D eigenvalue weighted by molar-refractivity contribution is 9.10. The van der Waals surface area contributed by atoms with Gasteiger partial charge in [-0.3, -0.25) is 0 Å². The molecule has 1 aromatic rings. The molecule has 2 aliphatic rings. The Morgan fingerprint density at radius 1 is 1.11 bits per heavy atom. The molecule has 2 saturated heterocycles. The fraction of sp³-hybridized carbons (Fsp3) is 0.600. The molecule has 1 spiro atoms. The third-order valence-corrected chi connectivity index (χ3v) is 6.16. The second-order valence-electron chi connectivity index (χ2n) is 5.53. The number of hydrogen-bond donors (Lipinski definition) is 1. The Hall–Kier alpha value is 0.01000. The molecule has 1 N–H and O–H groups in total. The van der Waals surface area contributed by atoms with Crippen LogP contribution in [-0.2, 0) is 0 Å². The van der Waals surface area contributed by atoms with Crippen LogP contribution in [0.5, 0.6) is 0 Å². The van der Waals surface area contributed by atoms with Crippen LogP contribution in [-0.4, -0.2) is 24.6 Å². The van der Waals surface area contributed by atoms with Crippen LogP contribution < -0.4 is 5.32 Å². The van der Waals surface area contributed by atoms with E-state index >= 15 is 0 Å². The zero-order chi connectivity index (χ0) is 12.4. The van der Waals surface area contributed by atoms with Gasteiger partial charge >= 0.3 is 0 Å². The zero-order valence-corrected chi connectivity index (χ0v) is 13.0. The number of nitrogens with one attached hydrogen (secondary N) is 1. The summed E-state index contributed by atoms with van der Waals surface area (Å²) in [7, 11) is 0. The van der Waals surface area contributed by atoms with Gasteiger partial charge in [-0.1, -0.05) is 28.1 Å². The summed E-state index contributed by atoms with van der Waals surface area (Å²) in [5, 5.41) is 3.60. The number of piperidine rings is 1. The molecule has 1 aromatic carbocycles. The van der Waals surface area contributed by atoms with Crippen molar-refractivity contribution in [2.45, 2.75) is 25.2 Å². The summed E-state index contributed by atoms with van der Waals surface area (Å²) in [6, 6.07) is 9.00. The minimum atomic E-state index is 0.574. The van der Waals surface area contributed by atoms with Crippen molar-refractivity contribution in [3.8, 4) is 0 Å². The standard InChI is InChI=1S/C15H20BrNS/c16-13-3-1-12(2-4-13)14-11-17-8-5-15(14)6-9-18-10-7-15/h1-4,14,17H,5-11H2. The SMILES string of the molecule is Brc1ccc(C2CNCCC23CCSCC3)cc1. The lowest BCUT2D eigenvalue weighted by Gasteiger charge is -2.47. The molecule has 3 heteroatoms. The molecule has 0 saturated carbocycles. The van der Waals surface area contributed by atoms with Crippen LogP contribution >= 0.6 is 27.7 Å². The van der Waals surface area contributed by atoms with E-state index in [1.54, 1.807) is 0 Å². The normalized spacial score (nSPS) is 27.3. The van der Waals surface area contributed by atoms with Crippen LogP contribution in [0.2, 0.25) is 0 Å². The molecule has 98 valence electrons. The fourth-order valence-electron chi connectivity index (χ4n) is 3.52. The summed E-state index contributed by atoms with van der Waals surface area (Å²) in [5.74, 6) is 3.42. The second kappa shape index (κ2) is 5.56. The van der Waals surface area contributed by atoms with Crippen LogP contribution in [0.15, 0.2) is 28.7 Å². The number of hydrogen-bond acceptors (Lipinski definition) is 2. The van der Waals surface area contributed by atoms with Crippen LogP contribution in [0.3, 0.4) is 0 Å². The first kappa shape index (κ1) is 13.0. The second-order valence-corrected chi connectivity index (χ2v) is 7.67. The minimum Gasteiger partial charge on any atom is -0.316 e. The van der Waals surface area contributed by atoms with Gasteiger partial charge in [0, 0.05) is 16.9 Å². The Labute approximate surface area is 122 Å². The van der Waals surface area contributed by atoms with Gasteiger partial charge in [-0.25, -0.2) is 0 Å². The number of thioether (sulfide) groups is 1. The van der Waals surface area contributed by atoms with E-state index in [4.69, 9.17) is 0 Å². The highest BCUT2D eigenvalue weighted by Crippen LogP contribution is 2.49. The maximum atomic E-state index is 3.60. The third-order valence-electron chi connectivity index (χ3n) is 4.65. The van der Waals surface area contributed by atoms with Gasteiger partial charge in [0.15, 0.2) is 0 Å². The highest BCUT2D eigenvalue weighted by atomic mass is 79.9. The average Bonchev–Trinajstić information content (AvgIpc) is 2.42. The molecule has 0 bridgehead atoms. The molecule has 0 radical (unpaired) electrons. The Kier molecular flexibility index (Phi) is 4.02. The molecule has 3 rings (SSSR count). The Morgan fingerprint density at radius 3 is 2.56 bits per heavy atom. The number of halogens is 1. The lowest BCUT2D eigenvalue weighted by molar-refractivity contribution is 0.147. The smallest absolute Gasteiger partial charge is 0.0175 e. The van der Waals surface area contributed by atoms with Gasteiger partial charge in [0.05, 0.1) is 0 Å². The third kappa shape index (κ3) is 2.50. The summed E-state index contributed by atoms with van der Waals surface area (Å²) in [6.07, 6.45) is 4.16. The Balaban J connectivity index is 1.89. The van der Waals surface area contributed by atoms with Crippen LogP contribution in [0.4, 0.5) is 0 Å². The predicted molar refractivity (Wildman–Crippen MR) is 83.4 cm³/mol. The van der Waals surface area contributed by atoms with Gasteiger partial charge in [-0.05, 0) is 60.4 Å². The van der Waals surface area contributed by atoms with Crippen LogP contribution in [0.1, 0.15) is 30.7 Å². The molecule has 0 amide bonds. The van der Waals surface area contributed by atoms with Crippen molar-refractivity contribution in [2.24, 2.45) is 5.41 Å². The fourth-order valence-corrected chi connectivity index (χ4v) is 5.09. The zero-order valence-electron chi connectivity index (χ0n) is 10.6. The molecule has 0 aromatic heterocycles. The quantitative estimate of drug-likeness (QED) is 0.836. The van der Waals surface area contributed by atoms with Crippen molar-refractivity contribution in [1.29, 1.82) is 0 Å². The molecule has 2 aliphatic heterocycles. The summed E-state index contributed by atoms with van der Waals surface area (Å²) >= 11 is 5.67. The van der Waals surface area contributed by atoms with Crippen molar-refractivity contribution < 1.29 is 0 Å². The molecular formula is C15H20BrNS. The maximum absolute atomic E-state index is 3.60. The van der Waals surface area contributed by atoms with Crippen molar-refractivity contribution in [2.75, 3.05) is 24.6 Å². The van der Waals surface area contributed by atoms with E-state index in [0.29, 0.717) is 11.3 Å². The van der Waals surface area contributed by atoms with Crippen LogP contribution in [0, 0.1) is 5.41 Å². The van der Waals surface area contributed by atoms with Gasteiger partial charge in [0.1, 0.15) is 0 Å². The highest BCUT2D eigenvalue weighted by Gasteiger charge is 2.42. The summed E-state index contributed by atoms with van der Waals surface area (Å²) < 4.78 is 1.18. The summed E-state index contributed by atoms with van der Waals surface area (Å²) in [4.78, 5) is 0. The van der Waals surface area contributed by atoms with Crippen LogP contribution in [0.25, 0.3) is 0 Å². The molecular weight excluding hydrogens is 306 g/mol. The van der Waals surface area contributed by atoms with Crippen molar-refractivity contribution in [3.05, 3.63) is 34.3 Å². The van der Waals surface area contributed by atoms with Gasteiger partial charge in [-0.15, -0.1) is 0 Å². The number of benzene rings is 1. The minimum absolute atomic E-state index is 0.574. The van der Waals surface area contributed by atoms with E-state index in [0.717, 1.165) is 6.54 Å². The van der Waals surface area contributed by atoms with Crippen molar-refractivity contribution >= 4 is 27.7 Å². The van der Waals surface area contributed by atoms with E-state index in [-0.39, 0.29) is 0 Å². The summed E-state index contributed by atoms with van der Waals surface area (Å²) in [5.41, 5.74) is 2.10. The Bertz CT molecular complexity index is 389. The van der Waals surface area contributed by atoms with E-state index in [1.807, 2.05) is 0 Å². The average molecular weight is 326 g/mol. The molecule has 1 unspecified atom stereocenters. The molecule has 1 nitrogen and oxygen atoms in total. The van der Waals surface area contributed by atoms with Crippen molar-refractivity contribution in [1.82, 2.24) is 5.32 Å². The van der Waals surface area contributed by atoms with E-state index in [9.17, 15) is 0 Å². The maximum Gasteiger partial charge on any atom is 0.0175 e. The summed E-state index contributed by atoms with van der Waals surface area (Å²) in [6.45, 7) is 2.37. The molecule has 18 heavy (non-hydrogen) atoms. The lowest BCUT2D eigenvalue weighted by Crippen LogP contribution is -2.45. The first-order chi connectivity index (χ1) is 8.80. The van der Waals surface area contributed by atoms with E-state index < -0.39 is 0 Å². The number of rotatable bonds is 1. The molecule has 2 fully saturated rings. The van der Waals surface area contributed by atoms with E-state index in [2.05, 4.69) is 57.3 Å². The first-order valence-corrected chi connectivity index (χ1v) is 8.79. The topological polar surface area (TPSA) is 12.0 Å². The predicted octanol–water partition coefficient (Wildman–Crippen LogP) is 4.04. The van der Waals surface area contributed by atoms with Crippen molar-refractivity contribution in [3.63, 3.8) is 0 Å². The van der Waals surface area contributed by atoms with Gasteiger partial charge in [-0.2, -0.15) is 11.8 Å². The van der Waals surface area contributed by atoms with E-state index in [1.165, 1.54) is 47.3 Å². The molecule has 0 aliphatic carbocycles. The first-order valence-electron chi connectivity index (χ1n) is 6.84.